The summed E-state index contributed by atoms with van der Waals surface area (Å²) in [5, 5.41) is 8.84. The zero-order valence-electron chi connectivity index (χ0n) is 10.9. The van der Waals surface area contributed by atoms with E-state index in [1.807, 2.05) is 13.8 Å². The first-order valence-electron chi connectivity index (χ1n) is 5.97. The van der Waals surface area contributed by atoms with Crippen molar-refractivity contribution in [3.05, 3.63) is 29.6 Å². The number of hydrogen-bond donors (Lipinski definition) is 1. The summed E-state index contributed by atoms with van der Waals surface area (Å²) < 4.78 is 24.0. The van der Waals surface area contributed by atoms with Crippen molar-refractivity contribution in [1.29, 1.82) is 0 Å². The number of halogens is 1. The number of benzene rings is 1. The molecule has 0 heterocycles. The number of carboxylic acids is 1. The number of rotatable bonds is 8. The van der Waals surface area contributed by atoms with Gasteiger partial charge < -0.3 is 14.6 Å². The summed E-state index contributed by atoms with van der Waals surface area (Å²) in [5.74, 6) is -1.49. The zero-order chi connectivity index (χ0) is 14.3. The van der Waals surface area contributed by atoms with E-state index in [1.54, 1.807) is 6.07 Å². The van der Waals surface area contributed by atoms with E-state index in [2.05, 4.69) is 0 Å². The van der Waals surface area contributed by atoms with Crippen LogP contribution in [0, 0.1) is 5.82 Å². The highest BCUT2D eigenvalue weighted by molar-refractivity contribution is 7.99. The molecule has 0 aromatic heterocycles. The fraction of sp³-hybridized carbons (Fsp3) is 0.462. The van der Waals surface area contributed by atoms with Gasteiger partial charge in [0.25, 0.3) is 0 Å². The van der Waals surface area contributed by atoms with Crippen LogP contribution in [0.25, 0.3) is 0 Å². The lowest BCUT2D eigenvalue weighted by molar-refractivity contribution is -0.120. The molecule has 1 aromatic carbocycles. The molecule has 1 N–H and O–H groups in total. The van der Waals surface area contributed by atoms with Gasteiger partial charge in [0.15, 0.2) is 6.29 Å². The molecule has 0 bridgehead atoms. The Labute approximate surface area is 115 Å². The fourth-order valence-electron chi connectivity index (χ4n) is 1.44. The summed E-state index contributed by atoms with van der Waals surface area (Å²) in [5.41, 5.74) is -0.325. The Morgan fingerprint density at radius 2 is 2.00 bits per heavy atom. The number of thioether (sulfide) groups is 1. The Hall–Kier alpha value is -1.11. The standard InChI is InChI=1S/C13H17FO4S/c1-3-17-12(18-4-2)8-19-9-5-6-11(14)10(7-9)13(15)16/h5-7,12H,3-4,8H2,1-2H3,(H,15,16). The summed E-state index contributed by atoms with van der Waals surface area (Å²) in [6, 6.07) is 4.01. The zero-order valence-corrected chi connectivity index (χ0v) is 11.7. The van der Waals surface area contributed by atoms with Crippen LogP contribution in [0.5, 0.6) is 0 Å². The Kier molecular flexibility index (Phi) is 6.83. The molecule has 1 rings (SSSR count). The molecule has 0 atom stereocenters. The molecule has 0 saturated carbocycles. The minimum atomic E-state index is -1.27. The minimum Gasteiger partial charge on any atom is -0.478 e. The molecule has 0 spiro atoms. The molecule has 0 unspecified atom stereocenters. The van der Waals surface area contributed by atoms with Crippen LogP contribution in [-0.4, -0.2) is 36.3 Å². The van der Waals surface area contributed by atoms with Crippen molar-refractivity contribution in [3.8, 4) is 0 Å². The van der Waals surface area contributed by atoms with Gasteiger partial charge in [-0.2, -0.15) is 0 Å². The van der Waals surface area contributed by atoms with Gasteiger partial charge >= 0.3 is 5.97 Å². The highest BCUT2D eigenvalue weighted by Gasteiger charge is 2.13. The highest BCUT2D eigenvalue weighted by Crippen LogP contribution is 2.23. The van der Waals surface area contributed by atoms with Crippen molar-refractivity contribution < 1.29 is 23.8 Å². The van der Waals surface area contributed by atoms with Crippen LogP contribution in [0.4, 0.5) is 4.39 Å². The first kappa shape index (κ1) is 15.9. The first-order chi connectivity index (χ1) is 9.08. The van der Waals surface area contributed by atoms with Gasteiger partial charge in [0.2, 0.25) is 0 Å². The van der Waals surface area contributed by atoms with E-state index in [0.29, 0.717) is 23.9 Å². The third-order valence-electron chi connectivity index (χ3n) is 2.26. The second kappa shape index (κ2) is 8.14. The van der Waals surface area contributed by atoms with Crippen molar-refractivity contribution in [2.45, 2.75) is 25.0 Å². The third-order valence-corrected chi connectivity index (χ3v) is 3.29. The lowest BCUT2D eigenvalue weighted by Gasteiger charge is -2.16. The average Bonchev–Trinajstić information content (AvgIpc) is 2.37. The average molecular weight is 288 g/mol. The summed E-state index contributed by atoms with van der Waals surface area (Å²) in [6.45, 7) is 4.82. The number of aromatic carboxylic acids is 1. The molecule has 0 radical (unpaired) electrons. The summed E-state index contributed by atoms with van der Waals surface area (Å²) >= 11 is 1.37. The van der Waals surface area contributed by atoms with Crippen LogP contribution >= 0.6 is 11.8 Å². The molecular weight excluding hydrogens is 271 g/mol. The predicted molar refractivity (Wildman–Crippen MR) is 71.1 cm³/mol. The van der Waals surface area contributed by atoms with E-state index < -0.39 is 11.8 Å². The van der Waals surface area contributed by atoms with Crippen LogP contribution in [0.15, 0.2) is 23.1 Å². The first-order valence-corrected chi connectivity index (χ1v) is 6.95. The van der Waals surface area contributed by atoms with Crippen LogP contribution in [0.3, 0.4) is 0 Å². The Morgan fingerprint density at radius 3 is 2.53 bits per heavy atom. The molecule has 0 amide bonds. The van der Waals surface area contributed by atoms with Crippen molar-refractivity contribution in [2.24, 2.45) is 0 Å². The van der Waals surface area contributed by atoms with E-state index in [4.69, 9.17) is 14.6 Å². The van der Waals surface area contributed by atoms with Crippen molar-refractivity contribution in [2.75, 3.05) is 19.0 Å². The molecular formula is C13H17FO4S. The van der Waals surface area contributed by atoms with Gasteiger partial charge in [-0.3, -0.25) is 0 Å². The molecule has 106 valence electrons. The molecule has 0 fully saturated rings. The molecule has 0 saturated heterocycles. The second-order valence-electron chi connectivity index (χ2n) is 3.60. The molecule has 6 heteroatoms. The van der Waals surface area contributed by atoms with Gasteiger partial charge in [-0.1, -0.05) is 0 Å². The van der Waals surface area contributed by atoms with Gasteiger partial charge in [-0.05, 0) is 32.0 Å². The fourth-order valence-corrected chi connectivity index (χ4v) is 2.32. The monoisotopic (exact) mass is 288 g/mol. The smallest absolute Gasteiger partial charge is 0.338 e. The summed E-state index contributed by atoms with van der Waals surface area (Å²) in [7, 11) is 0. The number of hydrogen-bond acceptors (Lipinski definition) is 4. The van der Waals surface area contributed by atoms with Gasteiger partial charge in [0.05, 0.1) is 5.56 Å². The van der Waals surface area contributed by atoms with Crippen LogP contribution in [0.1, 0.15) is 24.2 Å². The van der Waals surface area contributed by atoms with Crippen LogP contribution in [0.2, 0.25) is 0 Å². The largest absolute Gasteiger partial charge is 0.478 e. The predicted octanol–water partition coefficient (Wildman–Crippen LogP) is 3.02. The topological polar surface area (TPSA) is 55.8 Å². The van der Waals surface area contributed by atoms with Crippen molar-refractivity contribution >= 4 is 17.7 Å². The van der Waals surface area contributed by atoms with E-state index in [-0.39, 0.29) is 11.9 Å². The highest BCUT2D eigenvalue weighted by atomic mass is 32.2. The Morgan fingerprint density at radius 1 is 1.37 bits per heavy atom. The molecule has 19 heavy (non-hydrogen) atoms. The Balaban J connectivity index is 2.66. The van der Waals surface area contributed by atoms with Crippen LogP contribution < -0.4 is 0 Å². The molecule has 0 aliphatic carbocycles. The van der Waals surface area contributed by atoms with E-state index in [0.717, 1.165) is 6.07 Å². The lowest BCUT2D eigenvalue weighted by Crippen LogP contribution is -2.20. The maximum atomic E-state index is 13.2. The number of ether oxygens (including phenoxy) is 2. The van der Waals surface area contributed by atoms with Gasteiger partial charge in [0.1, 0.15) is 5.82 Å². The second-order valence-corrected chi connectivity index (χ2v) is 4.69. The number of carboxylic acid groups (broad SMARTS) is 1. The molecule has 1 aromatic rings. The maximum absolute atomic E-state index is 13.2. The lowest BCUT2D eigenvalue weighted by atomic mass is 10.2. The normalized spacial score (nSPS) is 10.9. The third kappa shape index (κ3) is 5.18. The molecule has 0 aliphatic rings. The van der Waals surface area contributed by atoms with E-state index >= 15 is 0 Å². The molecule has 0 aliphatic heterocycles. The van der Waals surface area contributed by atoms with Crippen molar-refractivity contribution in [3.63, 3.8) is 0 Å². The molecule has 4 nitrogen and oxygen atoms in total. The number of carbonyl (C=O) groups is 1. The summed E-state index contributed by atoms with van der Waals surface area (Å²) in [4.78, 5) is 11.5. The van der Waals surface area contributed by atoms with Gasteiger partial charge in [-0.25, -0.2) is 9.18 Å². The van der Waals surface area contributed by atoms with E-state index in [9.17, 15) is 9.18 Å². The van der Waals surface area contributed by atoms with Gasteiger partial charge in [0, 0.05) is 23.9 Å². The SMILES string of the molecule is CCOC(CSc1ccc(F)c(C(=O)O)c1)OCC. The van der Waals surface area contributed by atoms with Gasteiger partial charge in [-0.15, -0.1) is 11.8 Å². The Bertz CT molecular complexity index is 419. The maximum Gasteiger partial charge on any atom is 0.338 e. The van der Waals surface area contributed by atoms with Crippen LogP contribution in [-0.2, 0) is 9.47 Å². The van der Waals surface area contributed by atoms with E-state index in [1.165, 1.54) is 17.8 Å². The summed E-state index contributed by atoms with van der Waals surface area (Å²) in [6.07, 6.45) is -0.349. The minimum absolute atomic E-state index is 0.325. The quantitative estimate of drug-likeness (QED) is 0.588. The van der Waals surface area contributed by atoms with Crippen molar-refractivity contribution in [1.82, 2.24) is 0 Å².